The Hall–Kier alpha value is -2.24. The van der Waals surface area contributed by atoms with Crippen LogP contribution in [0.1, 0.15) is 159 Å². The Bertz CT molecular complexity index is 2090. The minimum atomic E-state index is -2.26. The molecule has 5 aliphatic rings. The van der Waals surface area contributed by atoms with Crippen LogP contribution in [0.3, 0.4) is 0 Å². The number of fused-ring (bicyclic) bond motifs is 1. The second kappa shape index (κ2) is 26.6. The molecule has 5 saturated heterocycles. The summed E-state index contributed by atoms with van der Waals surface area (Å²) in [7, 11) is -2.77. The fraction of sp³-hybridized carbons (Fsp3) is 0.766. The Labute approximate surface area is 464 Å². The van der Waals surface area contributed by atoms with Gasteiger partial charge in [0.25, 0.3) is 0 Å². The van der Waals surface area contributed by atoms with Crippen LogP contribution in [0.5, 0.6) is 5.75 Å². The molecule has 430 valence electrons. The smallest absolute Gasteiger partial charge is 0.192 e. The maximum Gasteiger partial charge on any atom is 0.192 e. The molecule has 0 bridgehead atoms. The predicted octanol–water partition coefficient (Wildman–Crippen LogP) is 15.1. The van der Waals surface area contributed by atoms with Crippen LogP contribution >= 0.6 is 0 Å². The van der Waals surface area contributed by atoms with E-state index in [1.165, 1.54) is 0 Å². The van der Waals surface area contributed by atoms with Gasteiger partial charge in [0.1, 0.15) is 5.75 Å². The highest BCUT2D eigenvalue weighted by Crippen LogP contribution is 2.47. The number of hydrogen-bond acceptors (Lipinski definition) is 10. The van der Waals surface area contributed by atoms with Crippen molar-refractivity contribution in [2.45, 2.75) is 276 Å². The molecule has 2 unspecified atom stereocenters. The molecule has 0 saturated carbocycles. The first-order valence-corrected chi connectivity index (χ1v) is 35.4. The van der Waals surface area contributed by atoms with Gasteiger partial charge in [-0.05, 0) is 134 Å². The number of methoxy groups -OCH3 is 1. The van der Waals surface area contributed by atoms with E-state index in [0.29, 0.717) is 37.7 Å². The molecule has 6 rings (SSSR count). The molecule has 5 heterocycles. The zero-order valence-electron chi connectivity index (χ0n) is 50.6. The zero-order valence-corrected chi connectivity index (χ0v) is 52.6. The maximum absolute atomic E-state index is 13.7. The van der Waals surface area contributed by atoms with Gasteiger partial charge in [0, 0.05) is 30.6 Å². The molecule has 0 spiro atoms. The Kier molecular flexibility index (Phi) is 22.0. The van der Waals surface area contributed by atoms with Gasteiger partial charge in [-0.2, -0.15) is 0 Å². The van der Waals surface area contributed by atoms with Crippen LogP contribution in [0.4, 0.5) is 0 Å². The van der Waals surface area contributed by atoms with Gasteiger partial charge in [0.15, 0.2) is 22.4 Å². The van der Waals surface area contributed by atoms with Crippen molar-refractivity contribution in [1.82, 2.24) is 0 Å². The molecular weight excluding hydrogens is 985 g/mol. The van der Waals surface area contributed by atoms with Gasteiger partial charge in [-0.15, -0.1) is 6.58 Å². The van der Waals surface area contributed by atoms with Gasteiger partial charge < -0.3 is 42.0 Å². The van der Waals surface area contributed by atoms with Gasteiger partial charge >= 0.3 is 0 Å². The van der Waals surface area contributed by atoms with E-state index in [1.807, 2.05) is 24.3 Å². The van der Waals surface area contributed by atoms with Gasteiger partial charge in [-0.25, -0.2) is 0 Å². The lowest BCUT2D eigenvalue weighted by Crippen LogP contribution is -2.63. The van der Waals surface area contributed by atoms with Crippen molar-refractivity contribution in [3.63, 3.8) is 0 Å². The largest absolute Gasteiger partial charge is 0.497 e. The number of rotatable bonds is 23. The second-order valence-electron chi connectivity index (χ2n) is 27.1. The Balaban J connectivity index is 1.05. The lowest BCUT2D eigenvalue weighted by atomic mass is 9.78. The number of carbonyl (C=O) groups excluding carboxylic acids is 1. The molecule has 0 radical (unpaired) electrons. The topological polar surface area (TPSA) is 100 Å². The van der Waals surface area contributed by atoms with Crippen molar-refractivity contribution in [2.75, 3.05) is 7.11 Å². The van der Waals surface area contributed by atoms with Crippen LogP contribution in [-0.4, -0.2) is 109 Å². The number of hydrogen-bond donors (Lipinski definition) is 0. The number of carbonyl (C=O) groups is 1. The minimum absolute atomic E-state index is 0.0000335. The van der Waals surface area contributed by atoms with Crippen molar-refractivity contribution in [2.24, 2.45) is 29.6 Å². The molecule has 76 heavy (non-hydrogen) atoms. The monoisotopic (exact) mass is 1090 g/mol. The van der Waals surface area contributed by atoms with E-state index < -0.39 is 16.6 Å². The molecule has 0 aliphatic carbocycles. The predicted molar refractivity (Wildman–Crippen MR) is 314 cm³/mol. The molecule has 5 aliphatic heterocycles. The number of allylic oxidation sites excluding steroid dienone is 1. The van der Waals surface area contributed by atoms with Crippen LogP contribution in [0.15, 0.2) is 73.4 Å². The highest BCUT2D eigenvalue weighted by Gasteiger charge is 2.54. The van der Waals surface area contributed by atoms with Crippen molar-refractivity contribution in [1.29, 1.82) is 0 Å². The molecule has 12 heteroatoms. The standard InChI is InChI=1S/C64H106O10Si2/c1-21-23-52-43(6)37-56-60(71-52)46(9)59(67-39-47-26-30-49(66-16)31-27-47)57(70-56)38-55-44(7)41(4)35-51(69-55)33-34-53-42(5)36-50(68-53)32-29-48(65)28-25-40(3)58-62(74-76(19,20)64(13,14)15)61(45(8)54(72-58)24-22-2)73-75(17,18)63(10,11)12/h22,25-28,30-31,40-41,43,45-46,50-62H,2,5,7,21,23-24,29,32-39H2,1,3-4,6,8-20H3/b28-25+/t40-,41+,43+,45-,46+,50-,51-,52+,53?,54-,55?,56-,57-,58-,59+,60-,61-,62+/m0/s1. The van der Waals surface area contributed by atoms with E-state index in [1.54, 1.807) is 13.2 Å². The Morgan fingerprint density at radius 2 is 1.41 bits per heavy atom. The lowest BCUT2D eigenvalue weighted by molar-refractivity contribution is -0.269. The van der Waals surface area contributed by atoms with Crippen LogP contribution in [-0.2, 0) is 48.7 Å². The van der Waals surface area contributed by atoms with Crippen LogP contribution < -0.4 is 4.74 Å². The summed E-state index contributed by atoms with van der Waals surface area (Å²) in [5.41, 5.74) is 3.33. The molecule has 1 aromatic carbocycles. The van der Waals surface area contributed by atoms with E-state index in [9.17, 15) is 4.79 Å². The quantitative estimate of drug-likeness (QED) is 0.0598. The molecule has 1 aromatic rings. The molecule has 5 fully saturated rings. The van der Waals surface area contributed by atoms with Gasteiger partial charge in [0.05, 0.1) is 93.1 Å². The average Bonchev–Trinajstić information content (AvgIpc) is 3.71. The molecule has 10 nitrogen and oxygen atoms in total. The third-order valence-electron chi connectivity index (χ3n) is 19.2. The number of ketones is 1. The summed E-state index contributed by atoms with van der Waals surface area (Å²) in [6.45, 7) is 50.2. The molecule has 0 amide bonds. The molecule has 18 atom stereocenters. The normalized spacial score (nSPS) is 35.3. The third kappa shape index (κ3) is 15.6. The third-order valence-corrected chi connectivity index (χ3v) is 28.1. The van der Waals surface area contributed by atoms with E-state index >= 15 is 0 Å². The minimum Gasteiger partial charge on any atom is -0.497 e. The zero-order chi connectivity index (χ0) is 56.1. The van der Waals surface area contributed by atoms with Crippen LogP contribution in [0.2, 0.25) is 36.3 Å². The summed E-state index contributed by atoms with van der Waals surface area (Å²) in [5.74, 6) is 1.82. The molecule has 0 aromatic heterocycles. The summed E-state index contributed by atoms with van der Waals surface area (Å²) in [6, 6.07) is 8.11. The van der Waals surface area contributed by atoms with E-state index in [0.717, 1.165) is 73.8 Å². The van der Waals surface area contributed by atoms with Crippen molar-refractivity contribution < 1.29 is 46.8 Å². The van der Waals surface area contributed by atoms with Gasteiger partial charge in [-0.3, -0.25) is 4.79 Å². The van der Waals surface area contributed by atoms with Gasteiger partial charge in [-0.1, -0.05) is 127 Å². The van der Waals surface area contributed by atoms with E-state index in [2.05, 4.69) is 141 Å². The summed E-state index contributed by atoms with van der Waals surface area (Å²) >= 11 is 0. The summed E-state index contributed by atoms with van der Waals surface area (Å²) in [4.78, 5) is 13.7. The Morgan fingerprint density at radius 1 is 0.763 bits per heavy atom. The fourth-order valence-electron chi connectivity index (χ4n) is 12.0. The summed E-state index contributed by atoms with van der Waals surface area (Å²) in [5, 5.41) is 0.0318. The van der Waals surface area contributed by atoms with Gasteiger partial charge in [0.2, 0.25) is 0 Å². The van der Waals surface area contributed by atoms with Crippen molar-refractivity contribution >= 4 is 22.4 Å². The summed E-state index contributed by atoms with van der Waals surface area (Å²) in [6.07, 6.45) is 13.7. The number of ether oxygens (including phenoxy) is 7. The average molecular weight is 1090 g/mol. The Morgan fingerprint density at radius 3 is 2.03 bits per heavy atom. The highest BCUT2D eigenvalue weighted by molar-refractivity contribution is 6.74. The first-order valence-electron chi connectivity index (χ1n) is 29.6. The van der Waals surface area contributed by atoms with Crippen molar-refractivity contribution in [3.8, 4) is 5.75 Å². The SMILES string of the molecule is C=CC[C@@H]1O[C@@H]([C@@H](C)/C=C/C(=O)CC[C@H]2CC(=C)C(CC[C@H]3C[C@@H](C)C(=C)C(C[C@@H]4O[C@H]5C[C@@H](C)[C@@H](CCC)O[C@H]5[C@H](C)[C@H]4OCc4ccc(OC)cc4)O3)O2)[C@@H](O[Si](C)(C)C(C)(C)C)[C@@H](O[Si](C)(C)C(C)(C)C)[C@H]1C. The van der Waals surface area contributed by atoms with E-state index in [4.69, 9.17) is 42.0 Å². The van der Waals surface area contributed by atoms with Crippen LogP contribution in [0, 0.1) is 29.6 Å². The first kappa shape index (κ1) is 63.0. The second-order valence-corrected chi connectivity index (χ2v) is 36.7. The highest BCUT2D eigenvalue weighted by atomic mass is 28.4. The fourth-order valence-corrected chi connectivity index (χ4v) is 14.7. The number of benzene rings is 1. The van der Waals surface area contributed by atoms with Crippen LogP contribution in [0.25, 0.3) is 0 Å². The van der Waals surface area contributed by atoms with Crippen molar-refractivity contribution in [3.05, 3.63) is 78.9 Å². The molecular formula is C64H106O10Si2. The van der Waals surface area contributed by atoms with E-state index in [-0.39, 0.29) is 113 Å². The maximum atomic E-state index is 13.7. The molecule has 0 N–H and O–H groups in total. The lowest BCUT2D eigenvalue weighted by Gasteiger charge is -2.53. The summed E-state index contributed by atoms with van der Waals surface area (Å²) < 4.78 is 61.6. The first-order chi connectivity index (χ1) is 35.6.